The lowest BCUT2D eigenvalue weighted by molar-refractivity contribution is 1.24. The number of aryl methyl sites for hydroxylation is 2. The van der Waals surface area contributed by atoms with E-state index in [-0.39, 0.29) is 0 Å². The molecule has 0 aliphatic carbocycles. The molecule has 2 rings (SSSR count). The molecule has 1 N–H and O–H groups in total. The molecule has 0 unspecified atom stereocenters. The normalized spacial score (nSPS) is 8.00. The zero-order valence-electron chi connectivity index (χ0n) is 12.7. The van der Waals surface area contributed by atoms with E-state index in [4.69, 9.17) is 0 Å². The third-order valence-corrected chi connectivity index (χ3v) is 1.88. The van der Waals surface area contributed by atoms with Crippen molar-refractivity contribution in [3.05, 3.63) is 29.6 Å². The zero-order chi connectivity index (χ0) is 13.8. The summed E-state index contributed by atoms with van der Waals surface area (Å²) in [5, 5.41) is 1.23. The van der Waals surface area contributed by atoms with Crippen LogP contribution in [0, 0.1) is 13.8 Å². The minimum absolute atomic E-state index is 0.988. The highest BCUT2D eigenvalue weighted by atomic mass is 14.8. The lowest BCUT2D eigenvalue weighted by atomic mass is 10.2. The first kappa shape index (κ1) is 18.1. The number of hydrogen-bond acceptors (Lipinski definition) is 1. The Kier molecular flexibility index (Phi) is 11.9. The van der Waals surface area contributed by atoms with Gasteiger partial charge in [0.1, 0.15) is 5.65 Å². The van der Waals surface area contributed by atoms with Gasteiger partial charge in [0.2, 0.25) is 0 Å². The van der Waals surface area contributed by atoms with Crippen LogP contribution in [0.3, 0.4) is 0 Å². The van der Waals surface area contributed by atoms with Crippen molar-refractivity contribution in [1.29, 1.82) is 0 Å². The molecule has 0 aliphatic rings. The maximum atomic E-state index is 4.21. The van der Waals surface area contributed by atoms with Gasteiger partial charge >= 0.3 is 0 Å². The molecule has 0 saturated heterocycles. The molecular weight excluding hydrogens is 208 g/mol. The molecule has 0 fully saturated rings. The second-order valence-corrected chi connectivity index (χ2v) is 2.84. The van der Waals surface area contributed by atoms with Gasteiger partial charge in [0.25, 0.3) is 0 Å². The lowest BCUT2D eigenvalue weighted by Crippen LogP contribution is -1.77. The summed E-state index contributed by atoms with van der Waals surface area (Å²) >= 11 is 0. The maximum absolute atomic E-state index is 4.21. The minimum atomic E-state index is 0.988. The molecule has 2 aromatic rings. The fourth-order valence-corrected chi connectivity index (χ4v) is 1.29. The summed E-state index contributed by atoms with van der Waals surface area (Å²) in [6.07, 6.45) is 1.83. The maximum Gasteiger partial charge on any atom is 0.137 e. The number of rotatable bonds is 0. The highest BCUT2D eigenvalue weighted by Crippen LogP contribution is 2.15. The summed E-state index contributed by atoms with van der Waals surface area (Å²) < 4.78 is 0. The number of fused-ring (bicyclic) bond motifs is 1. The van der Waals surface area contributed by atoms with E-state index >= 15 is 0 Å². The monoisotopic (exact) mass is 236 g/mol. The van der Waals surface area contributed by atoms with Gasteiger partial charge in [-0.2, -0.15) is 0 Å². The summed E-state index contributed by atoms with van der Waals surface area (Å²) in [7, 11) is 0. The molecular formula is C15H28N2. The second kappa shape index (κ2) is 11.2. The Labute approximate surface area is 106 Å². The van der Waals surface area contributed by atoms with E-state index in [1.165, 1.54) is 16.6 Å². The van der Waals surface area contributed by atoms with E-state index < -0.39 is 0 Å². The standard InChI is InChI=1S/C9H10N2.3C2H6/c1-6-3-4-10-9-8(6)5-7(2)11-9;3*1-2/h3-5H,1-2H3,(H,10,11);3*1-2H3. The Morgan fingerprint density at radius 3 is 1.94 bits per heavy atom. The fourth-order valence-electron chi connectivity index (χ4n) is 1.29. The van der Waals surface area contributed by atoms with Crippen molar-refractivity contribution in [2.45, 2.75) is 55.4 Å². The third kappa shape index (κ3) is 5.53. The van der Waals surface area contributed by atoms with Gasteiger partial charge < -0.3 is 4.98 Å². The number of hydrogen-bond donors (Lipinski definition) is 1. The summed E-state index contributed by atoms with van der Waals surface area (Å²) in [4.78, 5) is 7.40. The van der Waals surface area contributed by atoms with Crippen molar-refractivity contribution in [2.75, 3.05) is 0 Å². The molecule has 0 aliphatic heterocycles. The average Bonchev–Trinajstić information content (AvgIpc) is 2.79. The van der Waals surface area contributed by atoms with Crippen LogP contribution in [0.25, 0.3) is 11.0 Å². The number of nitrogens with zero attached hydrogens (tertiary/aromatic N) is 1. The van der Waals surface area contributed by atoms with E-state index in [1.54, 1.807) is 0 Å². The van der Waals surface area contributed by atoms with Gasteiger partial charge in [0, 0.05) is 17.3 Å². The number of aromatic nitrogens is 2. The lowest BCUT2D eigenvalue weighted by Gasteiger charge is -1.91. The Balaban J connectivity index is 0. The Morgan fingerprint density at radius 1 is 0.941 bits per heavy atom. The van der Waals surface area contributed by atoms with E-state index in [0.29, 0.717) is 0 Å². The fraction of sp³-hybridized carbons (Fsp3) is 0.533. The molecule has 0 bridgehead atoms. The van der Waals surface area contributed by atoms with Gasteiger partial charge in [-0.3, -0.25) is 0 Å². The zero-order valence-corrected chi connectivity index (χ0v) is 12.7. The SMILES string of the molecule is CC.CC.CC.Cc1cc2c(C)ccnc2[nH]1. The molecule has 0 amide bonds. The van der Waals surface area contributed by atoms with Crippen LogP contribution in [-0.4, -0.2) is 9.97 Å². The van der Waals surface area contributed by atoms with Crippen LogP contribution >= 0.6 is 0 Å². The Hall–Kier alpha value is -1.31. The van der Waals surface area contributed by atoms with Gasteiger partial charge in [-0.25, -0.2) is 4.98 Å². The topological polar surface area (TPSA) is 28.7 Å². The van der Waals surface area contributed by atoms with Crippen molar-refractivity contribution in [3.63, 3.8) is 0 Å². The summed E-state index contributed by atoms with van der Waals surface area (Å²) in [5.41, 5.74) is 3.43. The quantitative estimate of drug-likeness (QED) is 0.664. The van der Waals surface area contributed by atoms with Crippen LogP contribution < -0.4 is 0 Å². The van der Waals surface area contributed by atoms with Crippen molar-refractivity contribution >= 4 is 11.0 Å². The molecule has 98 valence electrons. The van der Waals surface area contributed by atoms with E-state index in [2.05, 4.69) is 23.0 Å². The molecule has 2 heteroatoms. The van der Waals surface area contributed by atoms with Crippen molar-refractivity contribution in [1.82, 2.24) is 9.97 Å². The molecule has 2 aromatic heterocycles. The first-order chi connectivity index (χ1) is 8.27. The second-order valence-electron chi connectivity index (χ2n) is 2.84. The minimum Gasteiger partial charge on any atom is -0.344 e. The number of aromatic amines is 1. The molecule has 0 radical (unpaired) electrons. The third-order valence-electron chi connectivity index (χ3n) is 1.88. The Morgan fingerprint density at radius 2 is 1.47 bits per heavy atom. The van der Waals surface area contributed by atoms with Crippen LogP contribution in [0.15, 0.2) is 18.3 Å². The molecule has 0 saturated carbocycles. The number of nitrogens with one attached hydrogen (secondary N) is 1. The largest absolute Gasteiger partial charge is 0.344 e. The van der Waals surface area contributed by atoms with Crippen LogP contribution in [0.1, 0.15) is 52.8 Å². The number of pyridine rings is 1. The van der Waals surface area contributed by atoms with Crippen LogP contribution in [-0.2, 0) is 0 Å². The van der Waals surface area contributed by atoms with Gasteiger partial charge in [-0.05, 0) is 31.5 Å². The van der Waals surface area contributed by atoms with Gasteiger partial charge in [0.05, 0.1) is 0 Å². The van der Waals surface area contributed by atoms with Crippen LogP contribution in [0.5, 0.6) is 0 Å². The highest BCUT2D eigenvalue weighted by molar-refractivity contribution is 5.79. The van der Waals surface area contributed by atoms with Gasteiger partial charge in [-0.15, -0.1) is 0 Å². The first-order valence-electron chi connectivity index (χ1n) is 6.68. The van der Waals surface area contributed by atoms with Crippen LogP contribution in [0.2, 0.25) is 0 Å². The number of H-pyrrole nitrogens is 1. The highest BCUT2D eigenvalue weighted by Gasteiger charge is 1.99. The average molecular weight is 236 g/mol. The summed E-state index contributed by atoms with van der Waals surface area (Å²) in [6.45, 7) is 16.1. The molecule has 2 heterocycles. The van der Waals surface area contributed by atoms with Gasteiger partial charge in [0.15, 0.2) is 0 Å². The van der Waals surface area contributed by atoms with Crippen molar-refractivity contribution in [2.24, 2.45) is 0 Å². The Bertz CT molecular complexity index is 389. The van der Waals surface area contributed by atoms with Crippen molar-refractivity contribution in [3.8, 4) is 0 Å². The molecule has 0 atom stereocenters. The molecule has 0 spiro atoms. The van der Waals surface area contributed by atoms with E-state index in [9.17, 15) is 0 Å². The predicted molar refractivity (Wildman–Crippen MR) is 79.6 cm³/mol. The summed E-state index contributed by atoms with van der Waals surface area (Å²) in [5.74, 6) is 0. The van der Waals surface area contributed by atoms with Crippen molar-refractivity contribution < 1.29 is 0 Å². The predicted octanol–water partition coefficient (Wildman–Crippen LogP) is 5.26. The molecule has 2 nitrogen and oxygen atoms in total. The van der Waals surface area contributed by atoms with Gasteiger partial charge in [-0.1, -0.05) is 41.5 Å². The van der Waals surface area contributed by atoms with E-state index in [0.717, 1.165) is 5.65 Å². The van der Waals surface area contributed by atoms with Crippen LogP contribution in [0.4, 0.5) is 0 Å². The van der Waals surface area contributed by atoms with E-state index in [1.807, 2.05) is 60.7 Å². The molecule has 0 aromatic carbocycles. The summed E-state index contributed by atoms with van der Waals surface area (Å²) in [6, 6.07) is 4.15. The smallest absolute Gasteiger partial charge is 0.137 e. The first-order valence-corrected chi connectivity index (χ1v) is 6.68. The molecule has 17 heavy (non-hydrogen) atoms.